The number of urea groups is 1. The molecule has 2 N–H and O–H groups in total. The maximum atomic E-state index is 11.8. The molecule has 1 atom stereocenters. The van der Waals surface area contributed by atoms with E-state index in [1.807, 2.05) is 24.3 Å². The Balaban J connectivity index is 2.18. The summed E-state index contributed by atoms with van der Waals surface area (Å²) >= 11 is 0. The zero-order chi connectivity index (χ0) is 17.2. The minimum atomic E-state index is -0.924. The summed E-state index contributed by atoms with van der Waals surface area (Å²) in [5.41, 5.74) is 1.02. The summed E-state index contributed by atoms with van der Waals surface area (Å²) in [6.45, 7) is 2.91. The van der Waals surface area contributed by atoms with Crippen LogP contribution in [-0.2, 0) is 16.1 Å². The fourth-order valence-electron chi connectivity index (χ4n) is 1.85. The second kappa shape index (κ2) is 9.68. The van der Waals surface area contributed by atoms with Gasteiger partial charge in [-0.05, 0) is 17.7 Å². The summed E-state index contributed by atoms with van der Waals surface area (Å²) in [5.74, 6) is -0.732. The van der Waals surface area contributed by atoms with Gasteiger partial charge in [0.1, 0.15) is 5.75 Å². The quantitative estimate of drug-likeness (QED) is 0.673. The van der Waals surface area contributed by atoms with Crippen molar-refractivity contribution in [3.8, 4) is 5.75 Å². The molecule has 0 aliphatic heterocycles. The zero-order valence-electron chi connectivity index (χ0n) is 13.7. The lowest BCUT2D eigenvalue weighted by Gasteiger charge is -2.20. The topological polar surface area (TPSA) is 88.1 Å². The Morgan fingerprint density at radius 1 is 1.30 bits per heavy atom. The Labute approximate surface area is 136 Å². The van der Waals surface area contributed by atoms with Crippen LogP contribution in [0.4, 0.5) is 4.79 Å². The fourth-order valence-corrected chi connectivity index (χ4v) is 1.85. The number of hydrogen-bond donors (Lipinski definition) is 2. The highest BCUT2D eigenvalue weighted by molar-refractivity contribution is 5.75. The van der Waals surface area contributed by atoms with Gasteiger partial charge in [0.25, 0.3) is 0 Å². The highest BCUT2D eigenvalue weighted by Gasteiger charge is 2.16. The molecule has 0 saturated carbocycles. The van der Waals surface area contributed by atoms with Gasteiger partial charge >= 0.3 is 12.0 Å². The van der Waals surface area contributed by atoms with Crippen molar-refractivity contribution in [1.29, 1.82) is 0 Å². The van der Waals surface area contributed by atoms with Crippen molar-refractivity contribution < 1.29 is 24.2 Å². The number of nitrogens with one attached hydrogen (secondary N) is 1. The van der Waals surface area contributed by atoms with E-state index in [9.17, 15) is 9.59 Å². The number of carboxylic acids is 1. The van der Waals surface area contributed by atoms with Gasteiger partial charge < -0.3 is 24.8 Å². The minimum absolute atomic E-state index is 0.161. The number of aliphatic carboxylic acids is 1. The predicted octanol–water partition coefficient (Wildman–Crippen LogP) is 1.57. The fraction of sp³-hybridized carbons (Fsp3) is 0.500. The molecule has 7 nitrogen and oxygen atoms in total. The Kier molecular flexibility index (Phi) is 7.90. The van der Waals surface area contributed by atoms with Crippen molar-refractivity contribution in [1.82, 2.24) is 10.2 Å². The van der Waals surface area contributed by atoms with Crippen molar-refractivity contribution in [3.63, 3.8) is 0 Å². The third kappa shape index (κ3) is 7.01. The lowest BCUT2D eigenvalue weighted by Crippen LogP contribution is -2.41. The molecule has 1 aromatic rings. The van der Waals surface area contributed by atoms with Crippen LogP contribution in [0.1, 0.15) is 12.5 Å². The van der Waals surface area contributed by atoms with Crippen LogP contribution in [0.5, 0.6) is 5.75 Å². The lowest BCUT2D eigenvalue weighted by molar-refractivity contribution is -0.141. The predicted molar refractivity (Wildman–Crippen MR) is 85.5 cm³/mol. The van der Waals surface area contributed by atoms with Crippen molar-refractivity contribution in [2.45, 2.75) is 13.5 Å². The molecular weight excluding hydrogens is 300 g/mol. The van der Waals surface area contributed by atoms with E-state index in [2.05, 4.69) is 5.32 Å². The van der Waals surface area contributed by atoms with E-state index in [0.717, 1.165) is 11.3 Å². The molecule has 0 aliphatic rings. The maximum absolute atomic E-state index is 11.8. The smallest absolute Gasteiger partial charge is 0.317 e. The van der Waals surface area contributed by atoms with E-state index >= 15 is 0 Å². The molecule has 1 unspecified atom stereocenters. The van der Waals surface area contributed by atoms with Gasteiger partial charge in [0.15, 0.2) is 0 Å². The Morgan fingerprint density at radius 3 is 2.52 bits per heavy atom. The number of amides is 2. The minimum Gasteiger partial charge on any atom is -0.497 e. The third-order valence-electron chi connectivity index (χ3n) is 3.27. The number of nitrogens with zero attached hydrogens (tertiary/aromatic N) is 1. The van der Waals surface area contributed by atoms with Gasteiger partial charge in [0.2, 0.25) is 0 Å². The molecule has 0 fully saturated rings. The van der Waals surface area contributed by atoms with Crippen LogP contribution < -0.4 is 10.1 Å². The number of carboxylic acid groups (broad SMARTS) is 1. The van der Waals surface area contributed by atoms with Crippen LogP contribution in [0.25, 0.3) is 0 Å². The first-order valence-corrected chi connectivity index (χ1v) is 7.36. The SMILES string of the molecule is COc1ccc(COCCNC(=O)N(C)CC(C)C(=O)O)cc1. The Morgan fingerprint density at radius 2 is 1.96 bits per heavy atom. The molecule has 0 aromatic heterocycles. The van der Waals surface area contributed by atoms with Crippen LogP contribution >= 0.6 is 0 Å². The molecule has 0 heterocycles. The number of ether oxygens (including phenoxy) is 2. The van der Waals surface area contributed by atoms with Crippen LogP contribution in [0.15, 0.2) is 24.3 Å². The van der Waals surface area contributed by atoms with Gasteiger partial charge in [-0.1, -0.05) is 19.1 Å². The van der Waals surface area contributed by atoms with Gasteiger partial charge in [-0.25, -0.2) is 4.79 Å². The number of rotatable bonds is 9. The third-order valence-corrected chi connectivity index (χ3v) is 3.27. The summed E-state index contributed by atoms with van der Waals surface area (Å²) in [7, 11) is 3.18. The van der Waals surface area contributed by atoms with E-state index in [1.165, 1.54) is 4.90 Å². The average molecular weight is 324 g/mol. The first kappa shape index (κ1) is 18.8. The summed E-state index contributed by atoms with van der Waals surface area (Å²) < 4.78 is 10.5. The molecule has 2 amide bonds. The summed E-state index contributed by atoms with van der Waals surface area (Å²) in [4.78, 5) is 23.9. The van der Waals surface area contributed by atoms with Crippen molar-refractivity contribution >= 4 is 12.0 Å². The van der Waals surface area contributed by atoms with Crippen LogP contribution in [0.3, 0.4) is 0 Å². The van der Waals surface area contributed by atoms with E-state index in [4.69, 9.17) is 14.6 Å². The molecule has 0 saturated heterocycles. The standard InChI is InChI=1S/C16H24N2O5/c1-12(15(19)20)10-18(2)16(21)17-8-9-23-11-13-4-6-14(22-3)7-5-13/h4-7,12H,8-11H2,1-3H3,(H,17,21)(H,19,20). The van der Waals surface area contributed by atoms with Gasteiger partial charge in [-0.15, -0.1) is 0 Å². The maximum Gasteiger partial charge on any atom is 0.317 e. The number of hydrogen-bond acceptors (Lipinski definition) is 4. The molecule has 1 aromatic carbocycles. The van der Waals surface area contributed by atoms with Crippen LogP contribution in [0.2, 0.25) is 0 Å². The molecule has 23 heavy (non-hydrogen) atoms. The van der Waals surface area contributed by atoms with E-state index in [0.29, 0.717) is 19.8 Å². The first-order chi connectivity index (χ1) is 10.9. The van der Waals surface area contributed by atoms with Crippen molar-refractivity contribution in [2.75, 3.05) is 33.9 Å². The van der Waals surface area contributed by atoms with Crippen molar-refractivity contribution in [3.05, 3.63) is 29.8 Å². The summed E-state index contributed by atoms with van der Waals surface area (Å²) in [6.07, 6.45) is 0. The van der Waals surface area contributed by atoms with Gasteiger partial charge in [-0.2, -0.15) is 0 Å². The molecule has 0 spiro atoms. The number of methoxy groups -OCH3 is 1. The molecular formula is C16H24N2O5. The molecule has 128 valence electrons. The number of carbonyl (C=O) groups excluding carboxylic acids is 1. The summed E-state index contributed by atoms with van der Waals surface area (Å²) in [5, 5.41) is 11.5. The molecule has 0 aliphatic carbocycles. The highest BCUT2D eigenvalue weighted by atomic mass is 16.5. The zero-order valence-corrected chi connectivity index (χ0v) is 13.7. The van der Waals surface area contributed by atoms with Gasteiger partial charge in [-0.3, -0.25) is 4.79 Å². The highest BCUT2D eigenvalue weighted by Crippen LogP contribution is 2.11. The van der Waals surface area contributed by atoms with Crippen LogP contribution in [0, 0.1) is 5.92 Å². The van der Waals surface area contributed by atoms with Crippen molar-refractivity contribution in [2.24, 2.45) is 5.92 Å². The van der Waals surface area contributed by atoms with E-state index in [1.54, 1.807) is 21.1 Å². The molecule has 1 rings (SSSR count). The number of benzene rings is 1. The molecule has 7 heteroatoms. The Bertz CT molecular complexity index is 504. The molecule has 0 bridgehead atoms. The summed E-state index contributed by atoms with van der Waals surface area (Å²) in [6, 6.07) is 7.24. The second-order valence-corrected chi connectivity index (χ2v) is 5.25. The lowest BCUT2D eigenvalue weighted by atomic mass is 10.2. The van der Waals surface area contributed by atoms with E-state index in [-0.39, 0.29) is 12.6 Å². The Hall–Kier alpha value is -2.28. The normalized spacial score (nSPS) is 11.6. The molecule has 0 radical (unpaired) electrons. The first-order valence-electron chi connectivity index (χ1n) is 7.36. The van der Waals surface area contributed by atoms with Gasteiger partial charge in [0.05, 0.1) is 26.2 Å². The van der Waals surface area contributed by atoms with Gasteiger partial charge in [0, 0.05) is 20.1 Å². The van der Waals surface area contributed by atoms with Crippen LogP contribution in [-0.4, -0.2) is 55.9 Å². The average Bonchev–Trinajstić information content (AvgIpc) is 2.54. The monoisotopic (exact) mass is 324 g/mol. The van der Waals surface area contributed by atoms with E-state index < -0.39 is 11.9 Å². The largest absolute Gasteiger partial charge is 0.497 e. The second-order valence-electron chi connectivity index (χ2n) is 5.25. The number of carbonyl (C=O) groups is 2.